The summed E-state index contributed by atoms with van der Waals surface area (Å²) < 4.78 is 78.7. The molecule has 1 atom stereocenters. The molecule has 0 saturated carbocycles. The van der Waals surface area contributed by atoms with Crippen molar-refractivity contribution in [3.05, 3.63) is 24.4 Å². The van der Waals surface area contributed by atoms with E-state index in [1.165, 1.54) is 20.3 Å². The van der Waals surface area contributed by atoms with Gasteiger partial charge in [-0.3, -0.25) is 9.53 Å². The third-order valence-corrected chi connectivity index (χ3v) is 4.09. The van der Waals surface area contributed by atoms with Crippen LogP contribution in [-0.2, 0) is 10.0 Å². The molecule has 2 amide bonds. The minimum absolute atomic E-state index is 0. The molecule has 2 heterocycles. The van der Waals surface area contributed by atoms with E-state index in [1.807, 2.05) is 5.32 Å². The van der Waals surface area contributed by atoms with Crippen molar-refractivity contribution < 1.29 is 70.5 Å². The normalized spacial score (nSPS) is 12.7. The van der Waals surface area contributed by atoms with Crippen LogP contribution in [0.1, 0.15) is 0 Å². The van der Waals surface area contributed by atoms with E-state index in [9.17, 15) is 26.7 Å². The van der Waals surface area contributed by atoms with E-state index >= 15 is 0 Å². The Morgan fingerprint density at radius 1 is 1.27 bits per heavy atom. The zero-order valence-corrected chi connectivity index (χ0v) is 18.6. The van der Waals surface area contributed by atoms with E-state index in [2.05, 4.69) is 24.1 Å². The van der Waals surface area contributed by atoms with Crippen LogP contribution in [0.5, 0.6) is 17.5 Å². The molecule has 30 heavy (non-hydrogen) atoms. The van der Waals surface area contributed by atoms with Gasteiger partial charge in [0.25, 0.3) is 0 Å². The molecule has 0 aliphatic rings. The van der Waals surface area contributed by atoms with E-state index < -0.39 is 39.6 Å². The van der Waals surface area contributed by atoms with Crippen LogP contribution in [0.3, 0.4) is 0 Å². The smallest absolute Gasteiger partial charge is 0.759 e. The van der Waals surface area contributed by atoms with Gasteiger partial charge in [0.2, 0.25) is 17.7 Å². The van der Waals surface area contributed by atoms with Crippen molar-refractivity contribution in [3.8, 4) is 17.5 Å². The number of urea groups is 1. The average Bonchev–Trinajstić information content (AvgIpc) is 2.65. The molecule has 2 aromatic rings. The number of hydrogen-bond acceptors (Lipinski definition) is 9. The summed E-state index contributed by atoms with van der Waals surface area (Å²) in [7, 11) is -2.25. The van der Waals surface area contributed by atoms with Crippen LogP contribution in [0.15, 0.2) is 33.8 Å². The van der Waals surface area contributed by atoms with Gasteiger partial charge in [-0.1, -0.05) is 0 Å². The van der Waals surface area contributed by atoms with Gasteiger partial charge < -0.3 is 18.8 Å². The predicted molar refractivity (Wildman–Crippen MR) is 89.6 cm³/mol. The van der Waals surface area contributed by atoms with Crippen LogP contribution in [0.25, 0.3) is 0 Å². The number of carbonyl (C=O) groups is 1. The second kappa shape index (κ2) is 10.7. The summed E-state index contributed by atoms with van der Waals surface area (Å²) in [4.78, 5) is 22.9. The van der Waals surface area contributed by atoms with Gasteiger partial charge in [-0.05, 0) is 12.1 Å². The third-order valence-electron chi connectivity index (χ3n) is 2.89. The average molecular weight is 459 g/mol. The fraction of sp³-hybridized carbons (Fsp3) is 0.286. The first kappa shape index (κ1) is 25.8. The number of halogens is 3. The number of anilines is 1. The quantitative estimate of drug-likeness (QED) is 0.538. The first-order valence-corrected chi connectivity index (χ1v) is 8.88. The maximum absolute atomic E-state index is 12.3. The van der Waals surface area contributed by atoms with E-state index in [0.29, 0.717) is 0 Å². The maximum Gasteiger partial charge on any atom is 1.00 e. The number of pyridine rings is 1. The summed E-state index contributed by atoms with van der Waals surface area (Å²) in [5, 5.41) is 1.01. The number of ether oxygens (including phenoxy) is 3. The first-order chi connectivity index (χ1) is 13.5. The number of amides is 2. The molecule has 2 aromatic heterocycles. The third kappa shape index (κ3) is 7.56. The van der Waals surface area contributed by atoms with Crippen LogP contribution in [0.4, 0.5) is 23.9 Å². The van der Waals surface area contributed by atoms with Crippen LogP contribution in [0, 0.1) is 0 Å². The number of nitrogens with one attached hydrogen (secondary N) is 1. The Balaban J connectivity index is 0.00000450. The zero-order valence-electron chi connectivity index (χ0n) is 15.8. The summed E-state index contributed by atoms with van der Waals surface area (Å²) in [6, 6.07) is 1.95. The Bertz CT molecular complexity index is 994. The minimum Gasteiger partial charge on any atom is -0.759 e. The number of alkyl halides is 3. The molecule has 0 bridgehead atoms. The maximum atomic E-state index is 12.3. The summed E-state index contributed by atoms with van der Waals surface area (Å²) in [5.74, 6) is -1.11. The Morgan fingerprint density at radius 2 is 1.87 bits per heavy atom. The summed E-state index contributed by atoms with van der Waals surface area (Å²) in [6.45, 7) is -1.76. The Labute approximate surface area is 190 Å². The van der Waals surface area contributed by atoms with Crippen LogP contribution >= 0.6 is 0 Å². The molecular formula is C14H13F3N5NaO6S. The van der Waals surface area contributed by atoms with Gasteiger partial charge in [-0.15, -0.1) is 4.36 Å². The summed E-state index contributed by atoms with van der Waals surface area (Å²) in [6.07, 6.45) is -3.73. The Morgan fingerprint density at radius 3 is 2.40 bits per heavy atom. The molecule has 0 aliphatic heterocycles. The second-order valence-electron chi connectivity index (χ2n) is 4.98. The standard InChI is InChI=1S/C14H14F3N5O6S.Na/c1-26-9-6-10(27-2)20-12(19-9)21-13(23)22-29(24,25)11-8(4-3-5-18-11)28-7-14(15,16)17;/h3-6H,7H2,1-2H3,(H2,19,20,21,22,23,24,25);/q;+1/p-1. The SMILES string of the molecule is COc1cc(OC)nc(NC(=O)N=S(=O)([O-])c2ncccc2OCC(F)(F)F)n1.[Na+]. The topological polar surface area (TPSA) is 148 Å². The van der Waals surface area contributed by atoms with Crippen molar-refractivity contribution in [1.29, 1.82) is 0 Å². The number of nitrogens with zero attached hydrogens (tertiary/aromatic N) is 4. The molecule has 0 aromatic carbocycles. The molecule has 0 radical (unpaired) electrons. The van der Waals surface area contributed by atoms with Crippen molar-refractivity contribution in [1.82, 2.24) is 15.0 Å². The molecule has 0 fully saturated rings. The van der Waals surface area contributed by atoms with Gasteiger partial charge in [0.15, 0.2) is 17.4 Å². The van der Waals surface area contributed by atoms with E-state index in [1.54, 1.807) is 0 Å². The molecule has 11 nitrogen and oxygen atoms in total. The van der Waals surface area contributed by atoms with Crippen LogP contribution in [-0.4, -0.2) is 56.7 Å². The summed E-state index contributed by atoms with van der Waals surface area (Å²) in [5.41, 5.74) is 0. The molecular weight excluding hydrogens is 446 g/mol. The molecule has 1 N–H and O–H groups in total. The fourth-order valence-corrected chi connectivity index (χ4v) is 2.70. The molecule has 0 spiro atoms. The first-order valence-electron chi connectivity index (χ1n) is 7.44. The van der Waals surface area contributed by atoms with Gasteiger partial charge >= 0.3 is 41.8 Å². The summed E-state index contributed by atoms with van der Waals surface area (Å²) >= 11 is 0. The van der Waals surface area contributed by atoms with Crippen molar-refractivity contribution in [2.24, 2.45) is 4.36 Å². The minimum atomic E-state index is -4.82. The van der Waals surface area contributed by atoms with Gasteiger partial charge in [0.05, 0.1) is 20.3 Å². The second-order valence-corrected chi connectivity index (χ2v) is 6.50. The Kier molecular flexibility index (Phi) is 9.23. The van der Waals surface area contributed by atoms with Crippen LogP contribution in [0.2, 0.25) is 0 Å². The molecule has 0 saturated heterocycles. The van der Waals surface area contributed by atoms with Crippen LogP contribution < -0.4 is 49.1 Å². The number of hydrogen-bond donors (Lipinski definition) is 1. The van der Waals surface area contributed by atoms with E-state index in [4.69, 9.17) is 9.47 Å². The number of carbonyl (C=O) groups excluding carboxylic acids is 1. The van der Waals surface area contributed by atoms with Gasteiger partial charge in [-0.25, -0.2) is 9.78 Å². The van der Waals surface area contributed by atoms with E-state index in [0.717, 1.165) is 18.3 Å². The largest absolute Gasteiger partial charge is 1.00 e. The van der Waals surface area contributed by atoms with Gasteiger partial charge in [0, 0.05) is 16.2 Å². The van der Waals surface area contributed by atoms with Crippen molar-refractivity contribution >= 4 is 22.0 Å². The molecule has 2 rings (SSSR count). The number of methoxy groups -OCH3 is 2. The van der Waals surface area contributed by atoms with Gasteiger partial charge in [-0.2, -0.15) is 23.1 Å². The fourth-order valence-electron chi connectivity index (χ4n) is 1.78. The van der Waals surface area contributed by atoms with Crippen molar-refractivity contribution in [2.45, 2.75) is 11.2 Å². The molecule has 1 unspecified atom stereocenters. The monoisotopic (exact) mass is 459 g/mol. The number of aromatic nitrogens is 3. The van der Waals surface area contributed by atoms with Crippen molar-refractivity contribution in [3.63, 3.8) is 0 Å². The molecule has 16 heteroatoms. The number of rotatable bonds is 6. The molecule has 0 aliphatic carbocycles. The zero-order chi connectivity index (χ0) is 21.7. The van der Waals surface area contributed by atoms with E-state index in [-0.39, 0.29) is 47.3 Å². The molecule has 158 valence electrons. The van der Waals surface area contributed by atoms with Crippen molar-refractivity contribution in [2.75, 3.05) is 26.1 Å². The van der Waals surface area contributed by atoms with Gasteiger partial charge in [0.1, 0.15) is 0 Å². The Hall–Kier alpha value is -2.20. The predicted octanol–water partition coefficient (Wildman–Crippen LogP) is -0.977.